The fraction of sp³-hybridized carbons (Fsp3) is 0.277. The summed E-state index contributed by atoms with van der Waals surface area (Å²) in [6.07, 6.45) is -0.395. The Balaban J connectivity index is 0.000000213. The molecule has 1 aliphatic rings. The number of fused-ring (bicyclic) bond motifs is 2. The minimum Gasteiger partial charge on any atom is -0.481 e. The average molecular weight is 918 g/mol. The van der Waals surface area contributed by atoms with Crippen LogP contribution in [0, 0.1) is 25.5 Å². The number of rotatable bonds is 14. The van der Waals surface area contributed by atoms with Crippen molar-refractivity contribution in [3.8, 4) is 23.0 Å². The van der Waals surface area contributed by atoms with Gasteiger partial charge in [0.2, 0.25) is 20.0 Å². The maximum Gasteiger partial charge on any atom is 0.307 e. The van der Waals surface area contributed by atoms with E-state index in [-0.39, 0.29) is 22.6 Å². The van der Waals surface area contributed by atoms with Crippen molar-refractivity contribution >= 4 is 53.5 Å². The van der Waals surface area contributed by atoms with E-state index in [9.17, 15) is 45.4 Å². The zero-order valence-electron chi connectivity index (χ0n) is 36.0. The van der Waals surface area contributed by atoms with Crippen molar-refractivity contribution in [2.45, 2.75) is 50.3 Å². The topological polar surface area (TPSA) is 171 Å². The molecule has 17 heteroatoms. The molecule has 2 N–H and O–H groups in total. The number of carboxylic acids is 2. The lowest BCUT2D eigenvalue weighted by Crippen LogP contribution is -2.46. The highest BCUT2D eigenvalue weighted by Crippen LogP contribution is 2.38. The first-order valence-electron chi connectivity index (χ1n) is 20.4. The molecule has 1 heterocycles. The molecule has 0 saturated carbocycles. The zero-order chi connectivity index (χ0) is 46.5. The van der Waals surface area contributed by atoms with Crippen LogP contribution < -0.4 is 9.47 Å². The summed E-state index contributed by atoms with van der Waals surface area (Å²) in [7, 11) is -5.25. The van der Waals surface area contributed by atoms with Gasteiger partial charge in [-0.1, -0.05) is 38.1 Å². The quantitative estimate of drug-likeness (QED) is 0.108. The van der Waals surface area contributed by atoms with Crippen LogP contribution in [0.2, 0.25) is 0 Å². The maximum atomic E-state index is 14.0. The zero-order valence-corrected chi connectivity index (χ0v) is 37.6. The molecule has 13 nitrogen and oxygen atoms in total. The van der Waals surface area contributed by atoms with E-state index in [1.54, 1.807) is 64.1 Å². The van der Waals surface area contributed by atoms with Crippen LogP contribution in [0.5, 0.6) is 23.0 Å². The largest absolute Gasteiger partial charge is 0.481 e. The third kappa shape index (κ3) is 10.7. The maximum absolute atomic E-state index is 14.0. The molecule has 0 amide bonds. The standard InChI is InChI=1S/C24H25FN2O5S.C23H24FNO5S/c1-16-18(14-23(28)29)13-17-3-4-19(25)15-22(17)24(16)32-20-5-7-21(8-6-20)33(30,31)27-11-9-26(2)10-12-27;1-4-25(5-2)31(28,29)20-10-8-19(9-11-20)30-23-15(3)17(13-22(26)27)12-16-6-7-18(24)14-21(16)23/h3-8,13,15H,9-12,14H2,1-2H3,(H,28,29);6-12,14H,4-5,13H2,1-3H3,(H,26,27). The highest BCUT2D eigenvalue weighted by atomic mass is 32.2. The van der Waals surface area contributed by atoms with Crippen molar-refractivity contribution in [3.63, 3.8) is 0 Å². The van der Waals surface area contributed by atoms with Crippen LogP contribution in [0.4, 0.5) is 8.78 Å². The Labute approximate surface area is 371 Å². The van der Waals surface area contributed by atoms with E-state index in [1.807, 2.05) is 7.05 Å². The van der Waals surface area contributed by atoms with Crippen molar-refractivity contribution in [2.75, 3.05) is 46.3 Å². The van der Waals surface area contributed by atoms with Crippen LogP contribution in [-0.4, -0.2) is 98.8 Å². The van der Waals surface area contributed by atoms with Gasteiger partial charge in [0.15, 0.2) is 0 Å². The number of carbonyl (C=O) groups is 2. The van der Waals surface area contributed by atoms with Crippen LogP contribution in [0.15, 0.2) is 107 Å². The number of nitrogens with zero attached hydrogens (tertiary/aromatic N) is 3. The van der Waals surface area contributed by atoms with Crippen LogP contribution >= 0.6 is 0 Å². The van der Waals surface area contributed by atoms with Crippen molar-refractivity contribution in [2.24, 2.45) is 0 Å². The molecule has 0 atom stereocenters. The van der Waals surface area contributed by atoms with Gasteiger partial charge in [0, 0.05) is 50.0 Å². The highest BCUT2D eigenvalue weighted by Gasteiger charge is 2.28. The molecule has 1 aliphatic heterocycles. The predicted octanol–water partition coefficient (Wildman–Crippen LogP) is 8.38. The summed E-state index contributed by atoms with van der Waals surface area (Å²) in [5.41, 5.74) is 2.29. The summed E-state index contributed by atoms with van der Waals surface area (Å²) in [5.74, 6) is -1.43. The second kappa shape index (κ2) is 19.8. The number of hydrogen-bond acceptors (Lipinski definition) is 9. The second-order valence-corrected chi connectivity index (χ2v) is 19.2. The molecule has 1 saturated heterocycles. The average Bonchev–Trinajstić information content (AvgIpc) is 3.25. The number of aliphatic carboxylic acids is 2. The molecule has 338 valence electrons. The van der Waals surface area contributed by atoms with E-state index >= 15 is 0 Å². The van der Waals surface area contributed by atoms with Gasteiger partial charge in [0.1, 0.15) is 34.6 Å². The van der Waals surface area contributed by atoms with Crippen LogP contribution in [0.25, 0.3) is 21.5 Å². The Morgan fingerprint density at radius 1 is 0.625 bits per heavy atom. The molecule has 0 radical (unpaired) electrons. The molecule has 0 aromatic heterocycles. The number of carboxylic acid groups (broad SMARTS) is 2. The summed E-state index contributed by atoms with van der Waals surface area (Å²) >= 11 is 0. The van der Waals surface area contributed by atoms with Gasteiger partial charge in [-0.2, -0.15) is 8.61 Å². The lowest BCUT2D eigenvalue weighted by atomic mass is 9.98. The Bertz CT molecular complexity index is 2920. The first-order chi connectivity index (χ1) is 30.3. The third-order valence-electron chi connectivity index (χ3n) is 11.0. The molecule has 6 aromatic rings. The van der Waals surface area contributed by atoms with Gasteiger partial charge >= 0.3 is 11.9 Å². The van der Waals surface area contributed by atoms with Crippen molar-refractivity contribution in [3.05, 3.63) is 131 Å². The number of benzene rings is 6. The number of likely N-dealkylation sites (N-methyl/N-ethyl adjacent to an activating group) is 1. The minimum atomic E-state index is -3.61. The number of ether oxygens (including phenoxy) is 2. The van der Waals surface area contributed by atoms with Gasteiger partial charge in [-0.25, -0.2) is 25.6 Å². The molecule has 0 spiro atoms. The van der Waals surface area contributed by atoms with Gasteiger partial charge in [-0.3, -0.25) is 9.59 Å². The number of halogens is 2. The molecule has 6 aromatic carbocycles. The summed E-state index contributed by atoms with van der Waals surface area (Å²) in [6.45, 7) is 9.95. The predicted molar refractivity (Wildman–Crippen MR) is 239 cm³/mol. The van der Waals surface area contributed by atoms with E-state index < -0.39 is 43.6 Å². The van der Waals surface area contributed by atoms with Gasteiger partial charge in [-0.15, -0.1) is 0 Å². The van der Waals surface area contributed by atoms with Crippen LogP contribution in [-0.2, 0) is 42.5 Å². The van der Waals surface area contributed by atoms with Crippen LogP contribution in [0.3, 0.4) is 0 Å². The summed E-state index contributed by atoms with van der Waals surface area (Å²) < 4.78 is 94.0. The highest BCUT2D eigenvalue weighted by molar-refractivity contribution is 7.89. The fourth-order valence-corrected chi connectivity index (χ4v) is 10.3. The van der Waals surface area contributed by atoms with Crippen molar-refractivity contribution in [1.82, 2.24) is 13.5 Å². The van der Waals surface area contributed by atoms with Crippen molar-refractivity contribution in [1.29, 1.82) is 0 Å². The number of piperazine rings is 1. The van der Waals surface area contributed by atoms with Gasteiger partial charge in [0.05, 0.1) is 22.6 Å². The normalized spacial score (nSPS) is 13.8. The lowest BCUT2D eigenvalue weighted by Gasteiger charge is -2.31. The Morgan fingerprint density at radius 2 is 1.03 bits per heavy atom. The van der Waals surface area contributed by atoms with E-state index in [0.29, 0.717) is 106 Å². The number of hydrogen-bond donors (Lipinski definition) is 2. The fourth-order valence-electron chi connectivity index (χ4n) is 7.43. The molecule has 0 unspecified atom stereocenters. The molecule has 7 rings (SSSR count). The van der Waals surface area contributed by atoms with Gasteiger partial charge in [0.25, 0.3) is 0 Å². The first kappa shape index (κ1) is 47.5. The summed E-state index contributed by atoms with van der Waals surface area (Å²) in [4.78, 5) is 25.0. The minimum absolute atomic E-state index is 0.149. The third-order valence-corrected chi connectivity index (χ3v) is 15.0. The van der Waals surface area contributed by atoms with E-state index in [4.69, 9.17) is 9.47 Å². The Hall–Kier alpha value is -5.98. The van der Waals surface area contributed by atoms with Crippen LogP contribution in [0.1, 0.15) is 36.1 Å². The van der Waals surface area contributed by atoms with E-state index in [1.165, 1.54) is 69.3 Å². The second-order valence-electron chi connectivity index (χ2n) is 15.3. The summed E-state index contributed by atoms with van der Waals surface area (Å²) in [5, 5.41) is 20.8. The first-order valence-corrected chi connectivity index (χ1v) is 23.3. The van der Waals surface area contributed by atoms with Gasteiger partial charge in [-0.05, 0) is 127 Å². The number of sulfonamides is 2. The van der Waals surface area contributed by atoms with Gasteiger partial charge < -0.3 is 24.6 Å². The lowest BCUT2D eigenvalue weighted by molar-refractivity contribution is -0.137. The molecule has 1 fully saturated rings. The monoisotopic (exact) mass is 917 g/mol. The molecular formula is C47H49F2N3O10S2. The summed E-state index contributed by atoms with van der Waals surface area (Å²) in [6, 6.07) is 23.9. The molecule has 0 bridgehead atoms. The SMILES string of the molecule is CCN(CC)S(=O)(=O)c1ccc(Oc2c(C)c(CC(=O)O)cc3ccc(F)cc23)cc1.Cc1c(CC(=O)O)cc2ccc(F)cc2c1Oc1ccc(S(=O)(=O)N2CCN(C)CC2)cc1. The van der Waals surface area contributed by atoms with Crippen molar-refractivity contribution < 1.29 is 54.9 Å². The molecule has 0 aliphatic carbocycles. The smallest absolute Gasteiger partial charge is 0.307 e. The Morgan fingerprint density at radius 3 is 1.42 bits per heavy atom. The molecule has 64 heavy (non-hydrogen) atoms. The van der Waals surface area contributed by atoms with E-state index in [0.717, 1.165) is 0 Å². The Kier molecular flexibility index (Phi) is 14.7. The molecular weight excluding hydrogens is 869 g/mol. The van der Waals surface area contributed by atoms with E-state index in [2.05, 4.69) is 4.90 Å².